The van der Waals surface area contributed by atoms with Gasteiger partial charge in [0.05, 0.1) is 26.4 Å². The Balaban J connectivity index is 1.88. The molecule has 1 aliphatic heterocycles. The minimum absolute atomic E-state index is 0.0876. The molecule has 1 amide bonds. The Morgan fingerprint density at radius 2 is 1.92 bits per heavy atom. The summed E-state index contributed by atoms with van der Waals surface area (Å²) in [5.74, 6) is 1.31. The molecule has 1 atom stereocenters. The summed E-state index contributed by atoms with van der Waals surface area (Å²) in [6, 6.07) is 5.75. The standard InChI is InChI=1S/C20H30N2O4/c1-4-25-18-8-6-17(14-19(18)26-5-2)7-9-20(23)21-16(3)15-22-10-12-24-13-11-22/h6-9,14,16H,4-5,10-13,15H2,1-3H3,(H,21,23)/b9-7+. The number of amides is 1. The minimum Gasteiger partial charge on any atom is -0.490 e. The van der Waals surface area contributed by atoms with Crippen LogP contribution in [0.5, 0.6) is 11.5 Å². The molecule has 2 rings (SSSR count). The van der Waals surface area contributed by atoms with Crippen molar-refractivity contribution in [3.8, 4) is 11.5 Å². The lowest BCUT2D eigenvalue weighted by atomic mass is 10.2. The second-order valence-electron chi connectivity index (χ2n) is 6.23. The molecule has 0 saturated carbocycles. The summed E-state index contributed by atoms with van der Waals surface area (Å²) in [4.78, 5) is 14.5. The van der Waals surface area contributed by atoms with Gasteiger partial charge >= 0.3 is 0 Å². The molecule has 1 saturated heterocycles. The van der Waals surface area contributed by atoms with Crippen molar-refractivity contribution in [1.29, 1.82) is 0 Å². The lowest BCUT2D eigenvalue weighted by Gasteiger charge is -2.29. The van der Waals surface area contributed by atoms with E-state index in [0.29, 0.717) is 19.0 Å². The largest absolute Gasteiger partial charge is 0.490 e. The van der Waals surface area contributed by atoms with E-state index in [4.69, 9.17) is 14.2 Å². The number of ether oxygens (including phenoxy) is 3. The number of carbonyl (C=O) groups is 1. The van der Waals surface area contributed by atoms with Gasteiger partial charge in [-0.05, 0) is 44.5 Å². The van der Waals surface area contributed by atoms with E-state index in [2.05, 4.69) is 10.2 Å². The molecule has 0 bridgehead atoms. The number of nitrogens with zero attached hydrogens (tertiary/aromatic N) is 1. The maximum atomic E-state index is 12.2. The number of benzene rings is 1. The van der Waals surface area contributed by atoms with Crippen LogP contribution < -0.4 is 14.8 Å². The van der Waals surface area contributed by atoms with E-state index in [1.807, 2.05) is 39.0 Å². The molecule has 1 aromatic carbocycles. The van der Waals surface area contributed by atoms with E-state index in [-0.39, 0.29) is 11.9 Å². The molecule has 144 valence electrons. The van der Waals surface area contributed by atoms with E-state index < -0.39 is 0 Å². The van der Waals surface area contributed by atoms with E-state index in [1.54, 1.807) is 12.2 Å². The fourth-order valence-corrected chi connectivity index (χ4v) is 2.85. The van der Waals surface area contributed by atoms with Crippen molar-refractivity contribution in [3.05, 3.63) is 29.8 Å². The third kappa shape index (κ3) is 6.69. The van der Waals surface area contributed by atoms with Crippen molar-refractivity contribution in [2.45, 2.75) is 26.8 Å². The SMILES string of the molecule is CCOc1ccc(/C=C/C(=O)NC(C)CN2CCOCC2)cc1OCC. The van der Waals surface area contributed by atoms with Gasteiger partial charge in [-0.15, -0.1) is 0 Å². The van der Waals surface area contributed by atoms with Crippen LogP contribution in [0, 0.1) is 0 Å². The van der Waals surface area contributed by atoms with Gasteiger partial charge in [-0.2, -0.15) is 0 Å². The summed E-state index contributed by atoms with van der Waals surface area (Å²) in [5.41, 5.74) is 0.896. The summed E-state index contributed by atoms with van der Waals surface area (Å²) in [5, 5.41) is 3.00. The van der Waals surface area contributed by atoms with Crippen LogP contribution in [-0.4, -0.2) is 62.9 Å². The molecule has 1 fully saturated rings. The highest BCUT2D eigenvalue weighted by molar-refractivity contribution is 5.92. The first-order valence-electron chi connectivity index (χ1n) is 9.30. The Kier molecular flexibility index (Phi) is 8.44. The Morgan fingerprint density at radius 1 is 1.23 bits per heavy atom. The maximum Gasteiger partial charge on any atom is 0.244 e. The highest BCUT2D eigenvalue weighted by Crippen LogP contribution is 2.28. The summed E-state index contributed by atoms with van der Waals surface area (Å²) < 4.78 is 16.5. The van der Waals surface area contributed by atoms with Crippen LogP contribution in [0.1, 0.15) is 26.3 Å². The van der Waals surface area contributed by atoms with Gasteiger partial charge in [-0.3, -0.25) is 9.69 Å². The van der Waals surface area contributed by atoms with Gasteiger partial charge in [0.1, 0.15) is 0 Å². The molecule has 1 aromatic rings. The normalized spacial score (nSPS) is 16.4. The minimum atomic E-state index is -0.0994. The quantitative estimate of drug-likeness (QED) is 0.683. The predicted octanol–water partition coefficient (Wildman–Crippen LogP) is 2.33. The van der Waals surface area contributed by atoms with Gasteiger partial charge in [-0.25, -0.2) is 0 Å². The third-order valence-corrected chi connectivity index (χ3v) is 4.02. The number of hydrogen-bond acceptors (Lipinski definition) is 5. The highest BCUT2D eigenvalue weighted by atomic mass is 16.5. The number of nitrogens with one attached hydrogen (secondary N) is 1. The number of morpholine rings is 1. The van der Waals surface area contributed by atoms with Crippen LogP contribution in [0.2, 0.25) is 0 Å². The van der Waals surface area contributed by atoms with Gasteiger partial charge in [0.2, 0.25) is 5.91 Å². The van der Waals surface area contributed by atoms with Crippen molar-refractivity contribution < 1.29 is 19.0 Å². The second-order valence-corrected chi connectivity index (χ2v) is 6.23. The van der Waals surface area contributed by atoms with Crippen LogP contribution >= 0.6 is 0 Å². The lowest BCUT2D eigenvalue weighted by Crippen LogP contribution is -2.45. The third-order valence-electron chi connectivity index (χ3n) is 4.02. The predicted molar refractivity (Wildman–Crippen MR) is 103 cm³/mol. The number of hydrogen-bond donors (Lipinski definition) is 1. The molecular weight excluding hydrogens is 332 g/mol. The van der Waals surface area contributed by atoms with Crippen LogP contribution in [-0.2, 0) is 9.53 Å². The van der Waals surface area contributed by atoms with Gasteiger partial charge in [0.15, 0.2) is 11.5 Å². The molecular formula is C20H30N2O4. The smallest absolute Gasteiger partial charge is 0.244 e. The van der Waals surface area contributed by atoms with Crippen LogP contribution in [0.15, 0.2) is 24.3 Å². The summed E-state index contributed by atoms with van der Waals surface area (Å²) >= 11 is 0. The first kappa shape index (κ1) is 20.3. The zero-order valence-electron chi connectivity index (χ0n) is 16.0. The Labute approximate surface area is 156 Å². The van der Waals surface area contributed by atoms with Crippen molar-refractivity contribution in [3.63, 3.8) is 0 Å². The van der Waals surface area contributed by atoms with Crippen molar-refractivity contribution in [2.75, 3.05) is 46.1 Å². The fourth-order valence-electron chi connectivity index (χ4n) is 2.85. The molecule has 1 N–H and O–H groups in total. The van der Waals surface area contributed by atoms with Crippen LogP contribution in [0.4, 0.5) is 0 Å². The fraction of sp³-hybridized carbons (Fsp3) is 0.550. The van der Waals surface area contributed by atoms with Crippen molar-refractivity contribution in [1.82, 2.24) is 10.2 Å². The molecule has 26 heavy (non-hydrogen) atoms. The van der Waals surface area contributed by atoms with Gasteiger partial charge in [0, 0.05) is 31.8 Å². The molecule has 1 unspecified atom stereocenters. The zero-order valence-corrected chi connectivity index (χ0v) is 16.0. The maximum absolute atomic E-state index is 12.2. The monoisotopic (exact) mass is 362 g/mol. The Hall–Kier alpha value is -2.05. The summed E-state index contributed by atoms with van der Waals surface area (Å²) in [7, 11) is 0. The molecule has 0 aromatic heterocycles. The molecule has 1 aliphatic rings. The van der Waals surface area contributed by atoms with Crippen LogP contribution in [0.3, 0.4) is 0 Å². The highest BCUT2D eigenvalue weighted by Gasteiger charge is 2.14. The van der Waals surface area contributed by atoms with Crippen molar-refractivity contribution in [2.24, 2.45) is 0 Å². The van der Waals surface area contributed by atoms with E-state index >= 15 is 0 Å². The molecule has 6 heteroatoms. The van der Waals surface area contributed by atoms with Crippen LogP contribution in [0.25, 0.3) is 6.08 Å². The first-order valence-corrected chi connectivity index (χ1v) is 9.30. The number of rotatable bonds is 9. The average molecular weight is 362 g/mol. The van der Waals surface area contributed by atoms with Crippen molar-refractivity contribution >= 4 is 12.0 Å². The first-order chi connectivity index (χ1) is 12.6. The summed E-state index contributed by atoms with van der Waals surface area (Å²) in [6.45, 7) is 11.2. The Morgan fingerprint density at radius 3 is 2.62 bits per heavy atom. The number of carbonyl (C=O) groups excluding carboxylic acids is 1. The molecule has 0 spiro atoms. The molecule has 0 aliphatic carbocycles. The topological polar surface area (TPSA) is 60.0 Å². The Bertz CT molecular complexity index is 597. The van der Waals surface area contributed by atoms with E-state index in [1.165, 1.54) is 0 Å². The zero-order chi connectivity index (χ0) is 18.8. The van der Waals surface area contributed by atoms with E-state index in [9.17, 15) is 4.79 Å². The van der Waals surface area contributed by atoms with E-state index in [0.717, 1.165) is 44.2 Å². The molecule has 1 heterocycles. The van der Waals surface area contributed by atoms with Gasteiger partial charge < -0.3 is 19.5 Å². The molecule has 6 nitrogen and oxygen atoms in total. The second kappa shape index (κ2) is 10.8. The summed E-state index contributed by atoms with van der Waals surface area (Å²) in [6.07, 6.45) is 3.34. The lowest BCUT2D eigenvalue weighted by molar-refractivity contribution is -0.117. The van der Waals surface area contributed by atoms with Gasteiger partial charge in [0.25, 0.3) is 0 Å². The van der Waals surface area contributed by atoms with Gasteiger partial charge in [-0.1, -0.05) is 6.07 Å². The average Bonchev–Trinajstić information content (AvgIpc) is 2.63. The molecule has 0 radical (unpaired) electrons.